The molecule has 6 heteroatoms. The van der Waals surface area contributed by atoms with Crippen LogP contribution >= 0.6 is 0 Å². The van der Waals surface area contributed by atoms with E-state index in [0.717, 1.165) is 22.9 Å². The van der Waals surface area contributed by atoms with Crippen LogP contribution in [-0.2, 0) is 0 Å². The largest absolute Gasteiger partial charge is 0.503 e. The van der Waals surface area contributed by atoms with Crippen molar-refractivity contribution >= 4 is 5.97 Å². The van der Waals surface area contributed by atoms with E-state index in [1.165, 1.54) is 10.8 Å². The first-order valence-corrected chi connectivity index (χ1v) is 8.82. The number of carbonyl (C=O) groups is 1. The summed E-state index contributed by atoms with van der Waals surface area (Å²) in [5.41, 5.74) is 1.43. The maximum absolute atomic E-state index is 11.9. The Morgan fingerprint density at radius 1 is 1.00 bits per heavy atom. The number of aliphatic hydroxyl groups excluding tert-OH is 1. The van der Waals surface area contributed by atoms with Gasteiger partial charge in [0.05, 0.1) is 18.8 Å². The lowest BCUT2D eigenvalue weighted by molar-refractivity contribution is 0.0693. The predicted octanol–water partition coefficient (Wildman–Crippen LogP) is 2.93. The van der Waals surface area contributed by atoms with E-state index in [1.807, 2.05) is 61.5 Å². The zero-order valence-corrected chi connectivity index (χ0v) is 15.3. The molecule has 2 unspecified atom stereocenters. The number of rotatable bonds is 6. The van der Waals surface area contributed by atoms with Crippen LogP contribution in [0.2, 0.25) is 0 Å². The van der Waals surface area contributed by atoms with Crippen molar-refractivity contribution < 1.29 is 20.1 Å². The molecule has 0 spiro atoms. The number of nitrogens with zero attached hydrogens (tertiary/aromatic N) is 1. The summed E-state index contributed by atoms with van der Waals surface area (Å²) >= 11 is 0. The fourth-order valence-corrected chi connectivity index (χ4v) is 3.37. The number of carboxylic acids is 1. The molecule has 0 aliphatic heterocycles. The molecule has 0 saturated carbocycles. The molecular weight excluding hydrogens is 358 g/mol. The van der Waals surface area contributed by atoms with E-state index in [1.54, 1.807) is 0 Å². The van der Waals surface area contributed by atoms with Gasteiger partial charge in [-0.1, -0.05) is 60.2 Å². The van der Waals surface area contributed by atoms with Crippen LogP contribution in [0.3, 0.4) is 0 Å². The minimum atomic E-state index is -1.43. The topological polar surface area (TPSA) is 99.8 Å². The molecule has 3 aromatic rings. The molecule has 2 atom stereocenters. The molecule has 3 rings (SSSR count). The van der Waals surface area contributed by atoms with Gasteiger partial charge in [-0.2, -0.15) is 0 Å². The van der Waals surface area contributed by atoms with Gasteiger partial charge in [-0.3, -0.25) is 4.79 Å². The molecule has 0 fully saturated rings. The zero-order chi connectivity index (χ0) is 20.3. The van der Waals surface area contributed by atoms with Crippen molar-refractivity contribution in [1.82, 2.24) is 4.57 Å². The number of hydrogen-bond acceptors (Lipinski definition) is 4. The number of aromatic hydroxyl groups is 1. The maximum Gasteiger partial charge on any atom is 0.341 e. The summed E-state index contributed by atoms with van der Waals surface area (Å²) in [6, 6.07) is 16.7. The Hall–Kier alpha value is -3.38. The Bertz CT molecular complexity index is 1030. The molecule has 0 amide bonds. The van der Waals surface area contributed by atoms with Crippen molar-refractivity contribution in [3.05, 3.63) is 99.5 Å². The fraction of sp³-hybridized carbons (Fsp3) is 0.182. The van der Waals surface area contributed by atoms with Gasteiger partial charge >= 0.3 is 5.97 Å². The van der Waals surface area contributed by atoms with Crippen LogP contribution in [-0.4, -0.2) is 32.5 Å². The summed E-state index contributed by atoms with van der Waals surface area (Å²) in [5, 5.41) is 29.4. The highest BCUT2D eigenvalue weighted by Crippen LogP contribution is 2.35. The number of pyridine rings is 1. The van der Waals surface area contributed by atoms with Crippen LogP contribution in [0.1, 0.15) is 39.0 Å². The first kappa shape index (κ1) is 19.4. The number of aliphatic hydroxyl groups is 1. The molecule has 1 heterocycles. The number of aromatic nitrogens is 1. The minimum absolute atomic E-state index is 0.324. The third-order valence-electron chi connectivity index (χ3n) is 4.81. The van der Waals surface area contributed by atoms with Gasteiger partial charge in [-0.05, 0) is 18.1 Å². The van der Waals surface area contributed by atoms with Crippen LogP contribution in [0.15, 0.2) is 71.8 Å². The molecule has 0 saturated heterocycles. The monoisotopic (exact) mass is 379 g/mol. The molecule has 2 aromatic carbocycles. The molecule has 28 heavy (non-hydrogen) atoms. The number of aromatic carboxylic acids is 1. The van der Waals surface area contributed by atoms with Gasteiger partial charge < -0.3 is 19.9 Å². The summed E-state index contributed by atoms with van der Waals surface area (Å²) in [5.74, 6) is -2.43. The zero-order valence-electron chi connectivity index (χ0n) is 15.3. The molecule has 3 N–H and O–H groups in total. The van der Waals surface area contributed by atoms with Gasteiger partial charge in [0.2, 0.25) is 5.43 Å². The number of aryl methyl sites for hydroxylation is 1. The van der Waals surface area contributed by atoms with Gasteiger partial charge in [0, 0.05) is 12.1 Å². The maximum atomic E-state index is 11.9. The molecule has 0 aliphatic rings. The average molecular weight is 379 g/mol. The van der Waals surface area contributed by atoms with E-state index in [0.29, 0.717) is 0 Å². The Labute approximate surface area is 162 Å². The average Bonchev–Trinajstić information content (AvgIpc) is 2.69. The van der Waals surface area contributed by atoms with E-state index < -0.39 is 28.8 Å². The van der Waals surface area contributed by atoms with Crippen LogP contribution in [0.4, 0.5) is 0 Å². The normalized spacial score (nSPS) is 13.1. The fourth-order valence-electron chi connectivity index (χ4n) is 3.37. The van der Waals surface area contributed by atoms with Gasteiger partial charge in [0.25, 0.3) is 0 Å². The van der Waals surface area contributed by atoms with E-state index >= 15 is 0 Å². The Balaban J connectivity index is 2.19. The van der Waals surface area contributed by atoms with Crippen LogP contribution in [0, 0.1) is 6.92 Å². The molecule has 1 aromatic heterocycles. The van der Waals surface area contributed by atoms with Gasteiger partial charge in [0.15, 0.2) is 5.75 Å². The quantitative estimate of drug-likeness (QED) is 0.611. The highest BCUT2D eigenvalue weighted by molar-refractivity contribution is 5.87. The number of hydrogen-bond donors (Lipinski definition) is 3. The molecule has 0 aliphatic carbocycles. The smallest absolute Gasteiger partial charge is 0.341 e. The summed E-state index contributed by atoms with van der Waals surface area (Å²) in [4.78, 5) is 23.3. The van der Waals surface area contributed by atoms with E-state index in [9.17, 15) is 24.9 Å². The molecular formula is C22H21NO5. The first-order chi connectivity index (χ1) is 13.4. The van der Waals surface area contributed by atoms with Crippen molar-refractivity contribution in [3.8, 4) is 5.75 Å². The summed E-state index contributed by atoms with van der Waals surface area (Å²) in [6.45, 7) is 1.65. The van der Waals surface area contributed by atoms with Crippen molar-refractivity contribution in [2.75, 3.05) is 6.61 Å². The predicted molar refractivity (Wildman–Crippen MR) is 105 cm³/mol. The van der Waals surface area contributed by atoms with Gasteiger partial charge in [-0.25, -0.2) is 4.79 Å². The molecule has 6 nitrogen and oxygen atoms in total. The Kier molecular flexibility index (Phi) is 5.61. The SMILES string of the molecule is Cc1ccc(C(c2ccccc2)C(CO)n2cc(O)c(=O)c(C(=O)O)c2)cc1. The second-order valence-electron chi connectivity index (χ2n) is 6.69. The van der Waals surface area contributed by atoms with Crippen molar-refractivity contribution in [2.24, 2.45) is 0 Å². The second-order valence-corrected chi connectivity index (χ2v) is 6.69. The third kappa shape index (κ3) is 3.82. The van der Waals surface area contributed by atoms with E-state index in [2.05, 4.69) is 0 Å². The minimum Gasteiger partial charge on any atom is -0.503 e. The van der Waals surface area contributed by atoms with Crippen molar-refractivity contribution in [2.45, 2.75) is 18.9 Å². The second kappa shape index (κ2) is 8.10. The van der Waals surface area contributed by atoms with Crippen LogP contribution < -0.4 is 5.43 Å². The van der Waals surface area contributed by atoms with Crippen molar-refractivity contribution in [1.29, 1.82) is 0 Å². The Morgan fingerprint density at radius 2 is 1.61 bits per heavy atom. The van der Waals surface area contributed by atoms with E-state index in [4.69, 9.17) is 0 Å². The first-order valence-electron chi connectivity index (χ1n) is 8.82. The highest BCUT2D eigenvalue weighted by Gasteiger charge is 2.27. The van der Waals surface area contributed by atoms with Crippen LogP contribution in [0.5, 0.6) is 5.75 Å². The third-order valence-corrected chi connectivity index (χ3v) is 4.81. The van der Waals surface area contributed by atoms with Gasteiger partial charge in [0.1, 0.15) is 5.56 Å². The highest BCUT2D eigenvalue weighted by atomic mass is 16.4. The van der Waals surface area contributed by atoms with Crippen LogP contribution in [0.25, 0.3) is 0 Å². The number of benzene rings is 2. The Morgan fingerprint density at radius 3 is 2.18 bits per heavy atom. The summed E-state index contributed by atoms with van der Waals surface area (Å²) < 4.78 is 1.40. The lowest BCUT2D eigenvalue weighted by atomic mass is 9.84. The molecule has 0 radical (unpaired) electrons. The van der Waals surface area contributed by atoms with E-state index in [-0.39, 0.29) is 12.5 Å². The summed E-state index contributed by atoms with van der Waals surface area (Å²) in [7, 11) is 0. The summed E-state index contributed by atoms with van der Waals surface area (Å²) in [6.07, 6.45) is 2.33. The van der Waals surface area contributed by atoms with Gasteiger partial charge in [-0.15, -0.1) is 0 Å². The number of carboxylic acid groups (broad SMARTS) is 1. The standard InChI is InChI=1S/C22H21NO5/c1-14-7-9-16(10-8-14)20(15-5-3-2-4-6-15)18(13-24)23-11-17(22(27)28)21(26)19(25)12-23/h2-12,18,20,24-25H,13H2,1H3,(H,27,28). The molecule has 0 bridgehead atoms. The lowest BCUT2D eigenvalue weighted by Gasteiger charge is -2.29. The van der Waals surface area contributed by atoms with Crippen molar-refractivity contribution in [3.63, 3.8) is 0 Å². The lowest BCUT2D eigenvalue weighted by Crippen LogP contribution is -2.26. The molecule has 144 valence electrons.